The molecule has 0 amide bonds. The number of allylic oxidation sites excluding steroid dienone is 9. The first-order valence-corrected chi connectivity index (χ1v) is 15.0. The molecule has 41 heavy (non-hydrogen) atoms. The molecule has 0 aromatic rings. The summed E-state index contributed by atoms with van der Waals surface area (Å²) in [6.07, 6.45) is 10.3. The molecule has 3 aliphatic rings. The van der Waals surface area contributed by atoms with Crippen LogP contribution in [0.15, 0.2) is 69.4 Å². The summed E-state index contributed by atoms with van der Waals surface area (Å²) in [6, 6.07) is 0. The summed E-state index contributed by atoms with van der Waals surface area (Å²) in [7, 11) is 0. The first kappa shape index (κ1) is 33.2. The SMILES string of the molecule is CC(C)(C)C1=CC(=C(C2=CC(C(C)(C)C)C(=O)C(C(C)(C)C)=C2)C2=CC(C)(C)N([O])C2(C)C)C=C(C(C)(C)C)C1=O. The van der Waals surface area contributed by atoms with Gasteiger partial charge in [-0.3, -0.25) is 9.59 Å². The molecule has 1 heterocycles. The van der Waals surface area contributed by atoms with Crippen molar-refractivity contribution in [2.24, 2.45) is 27.6 Å². The summed E-state index contributed by atoms with van der Waals surface area (Å²) in [5.41, 5.74) is 3.07. The molecule has 0 fully saturated rings. The van der Waals surface area contributed by atoms with E-state index < -0.39 is 11.1 Å². The fourth-order valence-corrected chi connectivity index (χ4v) is 6.24. The Labute approximate surface area is 250 Å². The summed E-state index contributed by atoms with van der Waals surface area (Å²) < 4.78 is 0. The van der Waals surface area contributed by atoms with Crippen molar-refractivity contribution in [2.75, 3.05) is 0 Å². The van der Waals surface area contributed by atoms with Crippen LogP contribution < -0.4 is 0 Å². The molecule has 0 saturated carbocycles. The molecule has 225 valence electrons. The largest absolute Gasteiger partial charge is 0.294 e. The molecule has 1 radical (unpaired) electrons. The molecule has 1 aliphatic heterocycles. The Bertz CT molecular complexity index is 1300. The van der Waals surface area contributed by atoms with Gasteiger partial charge in [-0.1, -0.05) is 95.2 Å². The molecule has 0 aromatic carbocycles. The van der Waals surface area contributed by atoms with E-state index >= 15 is 0 Å². The minimum absolute atomic E-state index is 0.0739. The highest BCUT2D eigenvalue weighted by molar-refractivity contribution is 6.12. The zero-order valence-electron chi connectivity index (χ0n) is 28.6. The number of hydrogen-bond donors (Lipinski definition) is 0. The van der Waals surface area contributed by atoms with E-state index in [1.165, 1.54) is 5.06 Å². The highest BCUT2D eigenvalue weighted by Gasteiger charge is 2.49. The average Bonchev–Trinajstić information content (AvgIpc) is 2.91. The summed E-state index contributed by atoms with van der Waals surface area (Å²) >= 11 is 0. The highest BCUT2D eigenvalue weighted by Crippen LogP contribution is 2.50. The fourth-order valence-electron chi connectivity index (χ4n) is 6.24. The molecule has 1 unspecified atom stereocenters. The standard InChI is InChI=1S/C37H54NO3/c1-32(2,3)24-17-22(18-25(30(24)39)33(4,5)6)29(28-21-36(13,14)38(41)37(28,15)16)23-19-26(34(7,8)9)31(40)27(20-23)35(10,11)12/h17-21,24H,1-16H3. The van der Waals surface area contributed by atoms with Gasteiger partial charge in [0.2, 0.25) is 0 Å². The van der Waals surface area contributed by atoms with Crippen molar-refractivity contribution in [1.82, 2.24) is 5.06 Å². The topological polar surface area (TPSA) is 57.3 Å². The van der Waals surface area contributed by atoms with Gasteiger partial charge in [0.1, 0.15) is 0 Å². The van der Waals surface area contributed by atoms with Gasteiger partial charge in [-0.15, -0.1) is 10.3 Å². The van der Waals surface area contributed by atoms with Gasteiger partial charge in [-0.25, -0.2) is 0 Å². The number of hydrogen-bond acceptors (Lipinski definition) is 3. The molecule has 0 spiro atoms. The third-order valence-electron chi connectivity index (χ3n) is 8.67. The van der Waals surface area contributed by atoms with Crippen LogP contribution in [0.25, 0.3) is 0 Å². The number of carbonyl (C=O) groups is 2. The van der Waals surface area contributed by atoms with Gasteiger partial charge in [0.25, 0.3) is 0 Å². The average molecular weight is 561 g/mol. The quantitative estimate of drug-likeness (QED) is 0.338. The van der Waals surface area contributed by atoms with E-state index in [2.05, 4.69) is 101 Å². The lowest BCUT2D eigenvalue weighted by molar-refractivity contribution is -0.238. The molecule has 1 atom stereocenters. The van der Waals surface area contributed by atoms with Crippen molar-refractivity contribution in [1.29, 1.82) is 0 Å². The molecule has 0 N–H and O–H groups in total. The monoisotopic (exact) mass is 560 g/mol. The van der Waals surface area contributed by atoms with Crippen LogP contribution in [0.2, 0.25) is 0 Å². The fraction of sp³-hybridized carbons (Fsp3) is 0.622. The molecule has 0 saturated heterocycles. The zero-order chi connectivity index (χ0) is 31.9. The molecule has 4 heteroatoms. The number of rotatable bonds is 2. The van der Waals surface area contributed by atoms with Crippen molar-refractivity contribution in [3.63, 3.8) is 0 Å². The maximum absolute atomic E-state index is 13.9. The molecule has 0 aromatic heterocycles. The van der Waals surface area contributed by atoms with Crippen LogP contribution in [-0.2, 0) is 14.8 Å². The van der Waals surface area contributed by atoms with Crippen molar-refractivity contribution in [3.8, 4) is 0 Å². The van der Waals surface area contributed by atoms with Gasteiger partial charge in [0.05, 0.1) is 11.1 Å². The van der Waals surface area contributed by atoms with Crippen LogP contribution in [0.5, 0.6) is 0 Å². The van der Waals surface area contributed by atoms with Crippen LogP contribution in [0, 0.1) is 27.6 Å². The van der Waals surface area contributed by atoms with Crippen molar-refractivity contribution in [3.05, 3.63) is 69.4 Å². The Hall–Kier alpha value is -2.30. The van der Waals surface area contributed by atoms with Crippen LogP contribution in [0.4, 0.5) is 0 Å². The summed E-state index contributed by atoms with van der Waals surface area (Å²) in [4.78, 5) is 27.8. The molecule has 4 nitrogen and oxygen atoms in total. The normalized spacial score (nSPS) is 24.1. The Kier molecular flexibility index (Phi) is 8.00. The first-order valence-electron chi connectivity index (χ1n) is 15.0. The van der Waals surface area contributed by atoms with Crippen LogP contribution in [-0.4, -0.2) is 27.7 Å². The minimum Gasteiger partial charge on any atom is -0.294 e. The zero-order valence-corrected chi connectivity index (χ0v) is 28.6. The summed E-state index contributed by atoms with van der Waals surface area (Å²) in [5.74, 6) is -0.0970. The van der Waals surface area contributed by atoms with Crippen molar-refractivity contribution >= 4 is 11.6 Å². The van der Waals surface area contributed by atoms with Gasteiger partial charge in [-0.2, -0.15) is 0 Å². The second-order valence-electron chi connectivity index (χ2n) is 17.5. The minimum atomic E-state index is -0.825. The van der Waals surface area contributed by atoms with Gasteiger partial charge < -0.3 is 0 Å². The van der Waals surface area contributed by atoms with Gasteiger partial charge >= 0.3 is 0 Å². The predicted molar refractivity (Wildman–Crippen MR) is 169 cm³/mol. The summed E-state index contributed by atoms with van der Waals surface area (Å²) in [6.45, 7) is 32.9. The van der Waals surface area contributed by atoms with E-state index in [0.29, 0.717) is 0 Å². The third-order valence-corrected chi connectivity index (χ3v) is 8.67. The van der Waals surface area contributed by atoms with E-state index in [4.69, 9.17) is 0 Å². The van der Waals surface area contributed by atoms with E-state index in [1.54, 1.807) is 0 Å². The highest BCUT2D eigenvalue weighted by atomic mass is 16.5. The first-order chi connectivity index (χ1) is 18.1. The van der Waals surface area contributed by atoms with Crippen molar-refractivity contribution < 1.29 is 14.8 Å². The Morgan fingerprint density at radius 2 is 1.15 bits per heavy atom. The maximum atomic E-state index is 13.9. The van der Waals surface area contributed by atoms with Gasteiger partial charge in [-0.05, 0) is 89.9 Å². The van der Waals surface area contributed by atoms with E-state index in [0.717, 1.165) is 39.0 Å². The second kappa shape index (κ2) is 9.88. The number of Topliss-reactive ketones (excluding diaryl/α,β-unsaturated/α-hetero) is 2. The molecule has 3 rings (SSSR count). The van der Waals surface area contributed by atoms with Crippen LogP contribution in [0.1, 0.15) is 111 Å². The molecular formula is C37H54NO3. The van der Waals surface area contributed by atoms with Gasteiger partial charge in [0.15, 0.2) is 11.6 Å². The third kappa shape index (κ3) is 6.11. The van der Waals surface area contributed by atoms with E-state index in [-0.39, 0.29) is 39.1 Å². The Morgan fingerprint density at radius 1 is 0.707 bits per heavy atom. The van der Waals surface area contributed by atoms with Crippen LogP contribution >= 0.6 is 0 Å². The Balaban J connectivity index is 2.60. The molecular weight excluding hydrogens is 506 g/mol. The van der Waals surface area contributed by atoms with Crippen molar-refractivity contribution in [2.45, 2.75) is 122 Å². The lowest BCUT2D eigenvalue weighted by Gasteiger charge is -2.38. The number of ketones is 2. The number of hydroxylamine groups is 2. The lowest BCUT2D eigenvalue weighted by atomic mass is 9.66. The Morgan fingerprint density at radius 3 is 1.49 bits per heavy atom. The number of carbonyl (C=O) groups excluding carboxylic acids is 2. The maximum Gasteiger partial charge on any atom is 0.186 e. The molecule has 0 bridgehead atoms. The lowest BCUT2D eigenvalue weighted by Crippen LogP contribution is -2.47. The summed E-state index contributed by atoms with van der Waals surface area (Å²) in [5, 5.41) is 14.9. The van der Waals surface area contributed by atoms with Gasteiger partial charge in [0, 0.05) is 22.6 Å². The smallest absolute Gasteiger partial charge is 0.186 e. The molecule has 2 aliphatic carbocycles. The number of nitrogens with zero attached hydrogens (tertiary/aromatic N) is 1. The van der Waals surface area contributed by atoms with E-state index in [9.17, 15) is 14.8 Å². The van der Waals surface area contributed by atoms with Crippen LogP contribution in [0.3, 0.4) is 0 Å². The second-order valence-corrected chi connectivity index (χ2v) is 17.5. The predicted octanol–water partition coefficient (Wildman–Crippen LogP) is 9.10. The van der Waals surface area contributed by atoms with E-state index in [1.807, 2.05) is 39.8 Å².